The SMILES string of the molecule is Cn1cc(C=O)cc1CN1CC(O)C1. The van der Waals surface area contributed by atoms with Crippen molar-refractivity contribution >= 4 is 6.29 Å². The van der Waals surface area contributed by atoms with E-state index in [9.17, 15) is 4.79 Å². The number of nitrogens with zero attached hydrogens (tertiary/aromatic N) is 2. The summed E-state index contributed by atoms with van der Waals surface area (Å²) in [6.07, 6.45) is 2.51. The molecule has 1 saturated heterocycles. The van der Waals surface area contributed by atoms with Gasteiger partial charge in [-0.05, 0) is 6.07 Å². The molecule has 2 rings (SSSR count). The summed E-state index contributed by atoms with van der Waals surface area (Å²) in [5.74, 6) is 0. The molecule has 14 heavy (non-hydrogen) atoms. The molecule has 0 atom stereocenters. The van der Waals surface area contributed by atoms with Crippen molar-refractivity contribution in [2.24, 2.45) is 7.05 Å². The number of hydrogen-bond donors (Lipinski definition) is 1. The van der Waals surface area contributed by atoms with Gasteiger partial charge in [-0.3, -0.25) is 9.69 Å². The largest absolute Gasteiger partial charge is 0.390 e. The van der Waals surface area contributed by atoms with Crippen molar-refractivity contribution in [3.63, 3.8) is 0 Å². The molecule has 0 spiro atoms. The van der Waals surface area contributed by atoms with Crippen LogP contribution < -0.4 is 0 Å². The molecule has 1 aliphatic heterocycles. The average Bonchev–Trinajstić information content (AvgIpc) is 2.45. The van der Waals surface area contributed by atoms with Crippen molar-refractivity contribution in [3.8, 4) is 0 Å². The van der Waals surface area contributed by atoms with Gasteiger partial charge in [-0.1, -0.05) is 0 Å². The number of aryl methyl sites for hydroxylation is 1. The van der Waals surface area contributed by atoms with Crippen molar-refractivity contribution in [1.29, 1.82) is 0 Å². The lowest BCUT2D eigenvalue weighted by molar-refractivity contribution is -0.00397. The zero-order valence-corrected chi connectivity index (χ0v) is 8.18. The number of rotatable bonds is 3. The minimum absolute atomic E-state index is 0.166. The summed E-state index contributed by atoms with van der Waals surface area (Å²) in [6, 6.07) is 1.89. The first-order valence-electron chi connectivity index (χ1n) is 4.70. The number of aliphatic hydroxyl groups is 1. The molecule has 1 aliphatic rings. The highest BCUT2D eigenvalue weighted by molar-refractivity contribution is 5.74. The third-order valence-corrected chi connectivity index (χ3v) is 2.59. The van der Waals surface area contributed by atoms with E-state index in [1.807, 2.05) is 23.9 Å². The molecule has 1 N–H and O–H groups in total. The van der Waals surface area contributed by atoms with Crippen LogP contribution in [0.2, 0.25) is 0 Å². The number of aldehydes is 1. The van der Waals surface area contributed by atoms with Gasteiger partial charge < -0.3 is 9.67 Å². The highest BCUT2D eigenvalue weighted by Crippen LogP contribution is 2.14. The fourth-order valence-corrected chi connectivity index (χ4v) is 1.76. The Balaban J connectivity index is 2.01. The van der Waals surface area contributed by atoms with E-state index < -0.39 is 0 Å². The van der Waals surface area contributed by atoms with Gasteiger partial charge in [0, 0.05) is 44.1 Å². The Kier molecular flexibility index (Phi) is 2.39. The quantitative estimate of drug-likeness (QED) is 0.690. The number of carbonyl (C=O) groups excluding carboxylic acids is 1. The molecular formula is C10H14N2O2. The Hall–Kier alpha value is -1.13. The van der Waals surface area contributed by atoms with Gasteiger partial charge in [0.1, 0.15) is 0 Å². The first-order chi connectivity index (χ1) is 6.69. The highest BCUT2D eigenvalue weighted by atomic mass is 16.3. The smallest absolute Gasteiger partial charge is 0.151 e. The lowest BCUT2D eigenvalue weighted by Crippen LogP contribution is -2.50. The van der Waals surface area contributed by atoms with E-state index in [1.54, 1.807) is 0 Å². The van der Waals surface area contributed by atoms with Gasteiger partial charge in [-0.2, -0.15) is 0 Å². The minimum Gasteiger partial charge on any atom is -0.390 e. The third kappa shape index (κ3) is 1.71. The molecular weight excluding hydrogens is 180 g/mol. The van der Waals surface area contributed by atoms with Gasteiger partial charge in [-0.15, -0.1) is 0 Å². The summed E-state index contributed by atoms with van der Waals surface area (Å²) >= 11 is 0. The summed E-state index contributed by atoms with van der Waals surface area (Å²) in [4.78, 5) is 12.7. The van der Waals surface area contributed by atoms with Crippen LogP contribution in [0.4, 0.5) is 0 Å². The van der Waals surface area contributed by atoms with Crippen LogP contribution in [0.15, 0.2) is 12.3 Å². The molecule has 2 heterocycles. The molecule has 1 fully saturated rings. The fourth-order valence-electron chi connectivity index (χ4n) is 1.76. The van der Waals surface area contributed by atoms with Crippen LogP contribution in [-0.2, 0) is 13.6 Å². The van der Waals surface area contributed by atoms with Crippen molar-refractivity contribution in [1.82, 2.24) is 9.47 Å². The van der Waals surface area contributed by atoms with Gasteiger partial charge in [0.05, 0.1) is 6.10 Å². The van der Waals surface area contributed by atoms with Crippen molar-refractivity contribution < 1.29 is 9.90 Å². The predicted molar refractivity (Wildman–Crippen MR) is 52.1 cm³/mol. The molecule has 0 amide bonds. The topological polar surface area (TPSA) is 45.5 Å². The molecule has 4 nitrogen and oxygen atoms in total. The molecule has 0 unspecified atom stereocenters. The van der Waals surface area contributed by atoms with Gasteiger partial charge >= 0.3 is 0 Å². The van der Waals surface area contributed by atoms with E-state index in [0.29, 0.717) is 5.56 Å². The number of likely N-dealkylation sites (tertiary alicyclic amines) is 1. The Morgan fingerprint density at radius 2 is 2.36 bits per heavy atom. The molecule has 4 heteroatoms. The van der Waals surface area contributed by atoms with Crippen LogP contribution in [0.5, 0.6) is 0 Å². The normalized spacial score (nSPS) is 18.1. The zero-order chi connectivity index (χ0) is 10.1. The number of carbonyl (C=O) groups is 1. The van der Waals surface area contributed by atoms with Crippen molar-refractivity contribution in [3.05, 3.63) is 23.5 Å². The number of β-amino-alcohol motifs (C(OH)–C–C–N with tert-alkyl or cyclic N) is 1. The van der Waals surface area contributed by atoms with Gasteiger partial charge in [0.15, 0.2) is 6.29 Å². The number of aromatic nitrogens is 1. The predicted octanol–water partition coefficient (Wildman–Crippen LogP) is 0.0141. The summed E-state index contributed by atoms with van der Waals surface area (Å²) in [6.45, 7) is 2.28. The molecule has 0 saturated carbocycles. The Morgan fingerprint density at radius 1 is 1.64 bits per heavy atom. The molecule has 0 aromatic carbocycles. The summed E-state index contributed by atoms with van der Waals surface area (Å²) in [5, 5.41) is 9.11. The van der Waals surface area contributed by atoms with E-state index in [-0.39, 0.29) is 6.10 Å². The third-order valence-electron chi connectivity index (χ3n) is 2.59. The standard InChI is InChI=1S/C10H14N2O2/c1-11-3-8(7-13)2-9(11)4-12-5-10(14)6-12/h2-3,7,10,14H,4-6H2,1H3. The molecule has 0 bridgehead atoms. The lowest BCUT2D eigenvalue weighted by atomic mass is 10.1. The highest BCUT2D eigenvalue weighted by Gasteiger charge is 2.24. The molecule has 76 valence electrons. The molecule has 0 aliphatic carbocycles. The summed E-state index contributed by atoms with van der Waals surface area (Å²) < 4.78 is 1.95. The maximum absolute atomic E-state index is 10.5. The van der Waals surface area contributed by atoms with Crippen LogP contribution >= 0.6 is 0 Å². The van der Waals surface area contributed by atoms with Crippen molar-refractivity contribution in [2.75, 3.05) is 13.1 Å². The van der Waals surface area contributed by atoms with Gasteiger partial charge in [0.25, 0.3) is 0 Å². The van der Waals surface area contributed by atoms with E-state index >= 15 is 0 Å². The first kappa shape index (κ1) is 9.43. The number of aliphatic hydroxyl groups excluding tert-OH is 1. The number of hydrogen-bond acceptors (Lipinski definition) is 3. The van der Waals surface area contributed by atoms with Gasteiger partial charge in [0.2, 0.25) is 0 Å². The van der Waals surface area contributed by atoms with Gasteiger partial charge in [-0.25, -0.2) is 0 Å². The van der Waals surface area contributed by atoms with E-state index in [1.165, 1.54) is 0 Å². The maximum Gasteiger partial charge on any atom is 0.151 e. The van der Waals surface area contributed by atoms with Crippen LogP contribution in [-0.4, -0.2) is 40.1 Å². The van der Waals surface area contributed by atoms with Crippen LogP contribution in [0.1, 0.15) is 16.1 Å². The van der Waals surface area contributed by atoms with Crippen LogP contribution in [0.3, 0.4) is 0 Å². The Labute approximate surface area is 82.7 Å². The molecule has 1 aromatic rings. The van der Waals surface area contributed by atoms with Crippen LogP contribution in [0, 0.1) is 0 Å². The average molecular weight is 194 g/mol. The van der Waals surface area contributed by atoms with E-state index in [2.05, 4.69) is 4.90 Å². The van der Waals surface area contributed by atoms with E-state index in [4.69, 9.17) is 5.11 Å². The molecule has 0 radical (unpaired) electrons. The summed E-state index contributed by atoms with van der Waals surface area (Å²) in [7, 11) is 1.93. The van der Waals surface area contributed by atoms with Crippen LogP contribution in [0.25, 0.3) is 0 Å². The van der Waals surface area contributed by atoms with E-state index in [0.717, 1.165) is 31.6 Å². The Morgan fingerprint density at radius 3 is 2.86 bits per heavy atom. The lowest BCUT2D eigenvalue weighted by Gasteiger charge is -2.35. The monoisotopic (exact) mass is 194 g/mol. The minimum atomic E-state index is -0.166. The first-order valence-corrected chi connectivity index (χ1v) is 4.70. The Bertz CT molecular complexity index is 340. The second-order valence-corrected chi connectivity index (χ2v) is 3.84. The second kappa shape index (κ2) is 3.55. The second-order valence-electron chi connectivity index (χ2n) is 3.84. The molecule has 1 aromatic heterocycles. The summed E-state index contributed by atoms with van der Waals surface area (Å²) in [5.41, 5.74) is 1.82. The van der Waals surface area contributed by atoms with Crippen molar-refractivity contribution in [2.45, 2.75) is 12.6 Å². The fraction of sp³-hybridized carbons (Fsp3) is 0.500. The maximum atomic E-state index is 10.5. The zero-order valence-electron chi connectivity index (χ0n) is 8.18.